The Bertz CT molecular complexity index is 352. The minimum atomic E-state index is 0.119. The molecule has 1 aliphatic rings. The predicted octanol–water partition coefficient (Wildman–Crippen LogP) is 0.837. The second-order valence-electron chi connectivity index (χ2n) is 5.99. The summed E-state index contributed by atoms with van der Waals surface area (Å²) in [5, 5.41) is 6.57. The lowest BCUT2D eigenvalue weighted by Gasteiger charge is -2.42. The molecule has 1 aliphatic carbocycles. The summed E-state index contributed by atoms with van der Waals surface area (Å²) in [5.41, 5.74) is 0.354. The van der Waals surface area contributed by atoms with Crippen LogP contribution in [0.5, 0.6) is 0 Å². The van der Waals surface area contributed by atoms with Crippen molar-refractivity contribution in [2.75, 3.05) is 47.9 Å². The lowest BCUT2D eigenvalue weighted by Crippen LogP contribution is -2.47. The molecule has 122 valence electrons. The molecular formula is C15H30N4O2. The molecule has 21 heavy (non-hydrogen) atoms. The second kappa shape index (κ2) is 8.87. The summed E-state index contributed by atoms with van der Waals surface area (Å²) in [4.78, 5) is 17.3. The number of nitrogens with zero attached hydrogens (tertiary/aromatic N) is 2. The Morgan fingerprint density at radius 2 is 2.05 bits per heavy atom. The van der Waals surface area contributed by atoms with E-state index in [1.54, 1.807) is 33.2 Å². The molecule has 2 N–H and O–H groups in total. The smallest absolute Gasteiger partial charge is 0.223 e. The lowest BCUT2D eigenvalue weighted by molar-refractivity contribution is -0.128. The van der Waals surface area contributed by atoms with E-state index < -0.39 is 0 Å². The number of amides is 1. The van der Waals surface area contributed by atoms with Crippen LogP contribution in [0.15, 0.2) is 4.99 Å². The van der Waals surface area contributed by atoms with Gasteiger partial charge in [-0.25, -0.2) is 0 Å². The first-order valence-corrected chi connectivity index (χ1v) is 7.66. The summed E-state index contributed by atoms with van der Waals surface area (Å²) in [6, 6.07) is 0. The monoisotopic (exact) mass is 298 g/mol. The third kappa shape index (κ3) is 5.91. The van der Waals surface area contributed by atoms with Gasteiger partial charge in [0.1, 0.15) is 0 Å². The molecule has 0 unspecified atom stereocenters. The topological polar surface area (TPSA) is 66.0 Å². The van der Waals surface area contributed by atoms with E-state index in [0.717, 1.165) is 25.5 Å². The van der Waals surface area contributed by atoms with Gasteiger partial charge in [0.25, 0.3) is 0 Å². The van der Waals surface area contributed by atoms with E-state index in [2.05, 4.69) is 15.6 Å². The molecule has 0 aromatic carbocycles. The zero-order chi connectivity index (χ0) is 15.7. The number of hydrogen-bond acceptors (Lipinski definition) is 3. The van der Waals surface area contributed by atoms with Crippen molar-refractivity contribution in [1.29, 1.82) is 0 Å². The van der Waals surface area contributed by atoms with Gasteiger partial charge in [0.2, 0.25) is 5.91 Å². The number of rotatable bonds is 8. The molecule has 0 aliphatic heterocycles. The summed E-state index contributed by atoms with van der Waals surface area (Å²) >= 11 is 0. The van der Waals surface area contributed by atoms with Crippen molar-refractivity contribution in [3.05, 3.63) is 0 Å². The van der Waals surface area contributed by atoms with Crippen molar-refractivity contribution in [3.63, 3.8) is 0 Å². The summed E-state index contributed by atoms with van der Waals surface area (Å²) in [6.45, 7) is 2.32. The third-order valence-electron chi connectivity index (χ3n) is 4.24. The number of ether oxygens (including phenoxy) is 1. The van der Waals surface area contributed by atoms with Gasteiger partial charge in [0, 0.05) is 54.4 Å². The average molecular weight is 298 g/mol. The SMILES string of the molecule is CN=C(NCCC(=O)N(C)C)NCC1(CCOC)CCC1. The Balaban J connectivity index is 2.29. The van der Waals surface area contributed by atoms with E-state index in [4.69, 9.17) is 4.74 Å². The Hall–Kier alpha value is -1.30. The largest absolute Gasteiger partial charge is 0.385 e. The van der Waals surface area contributed by atoms with Gasteiger partial charge in [-0.05, 0) is 24.7 Å². The van der Waals surface area contributed by atoms with Crippen LogP contribution in [-0.2, 0) is 9.53 Å². The second-order valence-corrected chi connectivity index (χ2v) is 5.99. The Kier molecular flexibility index (Phi) is 7.50. The van der Waals surface area contributed by atoms with Gasteiger partial charge in [-0.3, -0.25) is 9.79 Å². The molecule has 0 aromatic rings. The number of guanidine groups is 1. The van der Waals surface area contributed by atoms with E-state index >= 15 is 0 Å². The normalized spacial score (nSPS) is 17.0. The third-order valence-corrected chi connectivity index (χ3v) is 4.24. The molecule has 1 saturated carbocycles. The fraction of sp³-hybridized carbons (Fsp3) is 0.867. The van der Waals surface area contributed by atoms with Crippen LogP contribution < -0.4 is 10.6 Å². The highest BCUT2D eigenvalue weighted by atomic mass is 16.5. The van der Waals surface area contributed by atoms with Crippen molar-refractivity contribution < 1.29 is 9.53 Å². The maximum Gasteiger partial charge on any atom is 0.223 e. The van der Waals surface area contributed by atoms with Crippen molar-refractivity contribution in [1.82, 2.24) is 15.5 Å². The van der Waals surface area contributed by atoms with E-state index in [-0.39, 0.29) is 5.91 Å². The lowest BCUT2D eigenvalue weighted by atomic mass is 9.67. The number of nitrogens with one attached hydrogen (secondary N) is 2. The predicted molar refractivity (Wildman–Crippen MR) is 85.5 cm³/mol. The summed E-state index contributed by atoms with van der Waals surface area (Å²) in [7, 11) is 7.05. The van der Waals surface area contributed by atoms with Crippen molar-refractivity contribution in [3.8, 4) is 0 Å². The van der Waals surface area contributed by atoms with Crippen LogP contribution in [0.2, 0.25) is 0 Å². The molecule has 0 radical (unpaired) electrons. The van der Waals surface area contributed by atoms with Crippen molar-refractivity contribution in [2.24, 2.45) is 10.4 Å². The molecule has 6 heteroatoms. The minimum Gasteiger partial charge on any atom is -0.385 e. The maximum atomic E-state index is 11.5. The Morgan fingerprint density at radius 1 is 1.33 bits per heavy atom. The van der Waals surface area contributed by atoms with Crippen LogP contribution in [0.25, 0.3) is 0 Å². The van der Waals surface area contributed by atoms with Crippen LogP contribution >= 0.6 is 0 Å². The molecule has 0 aromatic heterocycles. The highest BCUT2D eigenvalue weighted by Gasteiger charge is 2.36. The van der Waals surface area contributed by atoms with Gasteiger partial charge < -0.3 is 20.3 Å². The van der Waals surface area contributed by atoms with Gasteiger partial charge in [-0.1, -0.05) is 6.42 Å². The van der Waals surface area contributed by atoms with Crippen LogP contribution in [0, 0.1) is 5.41 Å². The first-order valence-electron chi connectivity index (χ1n) is 7.66. The van der Waals surface area contributed by atoms with E-state index in [9.17, 15) is 4.79 Å². The summed E-state index contributed by atoms with van der Waals surface area (Å²) < 4.78 is 5.20. The first-order chi connectivity index (χ1) is 10.0. The van der Waals surface area contributed by atoms with Crippen LogP contribution in [0.4, 0.5) is 0 Å². The van der Waals surface area contributed by atoms with Crippen molar-refractivity contribution in [2.45, 2.75) is 32.1 Å². The number of carbonyl (C=O) groups excluding carboxylic acids is 1. The standard InChI is InChI=1S/C15H30N4O2/c1-16-14(17-10-6-13(20)19(2)3)18-12-15(7-5-8-15)9-11-21-4/h5-12H2,1-4H3,(H2,16,17,18). The molecule has 0 spiro atoms. The fourth-order valence-electron chi connectivity index (χ4n) is 2.51. The molecule has 1 amide bonds. The quantitative estimate of drug-likeness (QED) is 0.515. The zero-order valence-corrected chi connectivity index (χ0v) is 13.9. The maximum absolute atomic E-state index is 11.5. The molecular weight excluding hydrogens is 268 g/mol. The van der Waals surface area contributed by atoms with Crippen LogP contribution in [0.3, 0.4) is 0 Å². The molecule has 0 heterocycles. The number of aliphatic imine (C=N–C) groups is 1. The van der Waals surface area contributed by atoms with Gasteiger partial charge in [0.15, 0.2) is 5.96 Å². The highest BCUT2D eigenvalue weighted by molar-refractivity contribution is 5.81. The van der Waals surface area contributed by atoms with Gasteiger partial charge in [0.05, 0.1) is 0 Å². The molecule has 0 bridgehead atoms. The van der Waals surface area contributed by atoms with Crippen LogP contribution in [0.1, 0.15) is 32.1 Å². The number of carbonyl (C=O) groups is 1. The Morgan fingerprint density at radius 3 is 2.52 bits per heavy atom. The van der Waals surface area contributed by atoms with Crippen LogP contribution in [-0.4, -0.2) is 64.7 Å². The number of hydrogen-bond donors (Lipinski definition) is 2. The minimum absolute atomic E-state index is 0.119. The van der Waals surface area contributed by atoms with E-state index in [1.807, 2.05) is 0 Å². The van der Waals surface area contributed by atoms with Gasteiger partial charge in [-0.15, -0.1) is 0 Å². The van der Waals surface area contributed by atoms with Gasteiger partial charge >= 0.3 is 0 Å². The van der Waals surface area contributed by atoms with E-state index in [1.165, 1.54) is 19.3 Å². The fourth-order valence-corrected chi connectivity index (χ4v) is 2.51. The molecule has 0 atom stereocenters. The molecule has 6 nitrogen and oxygen atoms in total. The Labute approximate surface area is 128 Å². The van der Waals surface area contributed by atoms with Gasteiger partial charge in [-0.2, -0.15) is 0 Å². The first kappa shape index (κ1) is 17.8. The highest BCUT2D eigenvalue weighted by Crippen LogP contribution is 2.43. The number of methoxy groups -OCH3 is 1. The summed E-state index contributed by atoms with van der Waals surface area (Å²) in [6.07, 6.45) is 5.36. The molecule has 1 rings (SSSR count). The molecule has 0 saturated heterocycles. The average Bonchev–Trinajstić information content (AvgIpc) is 2.43. The van der Waals surface area contributed by atoms with E-state index in [0.29, 0.717) is 18.4 Å². The summed E-state index contributed by atoms with van der Waals surface area (Å²) in [5.74, 6) is 0.888. The molecule has 1 fully saturated rings. The zero-order valence-electron chi connectivity index (χ0n) is 13.9. The van der Waals surface area contributed by atoms with Crippen molar-refractivity contribution >= 4 is 11.9 Å².